The minimum atomic E-state index is -0.169. The van der Waals surface area contributed by atoms with Crippen molar-refractivity contribution in [3.63, 3.8) is 0 Å². The predicted molar refractivity (Wildman–Crippen MR) is 133 cm³/mol. The Morgan fingerprint density at radius 3 is 2.59 bits per heavy atom. The van der Waals surface area contributed by atoms with Crippen LogP contribution < -0.4 is 5.32 Å². The van der Waals surface area contributed by atoms with Gasteiger partial charge in [0.2, 0.25) is 5.91 Å². The number of hydrogen-bond donors (Lipinski definition) is 1. The molecule has 1 fully saturated rings. The number of thioether (sulfide) groups is 1. The topological polar surface area (TPSA) is 89.3 Å². The molecule has 0 aliphatic carbocycles. The summed E-state index contributed by atoms with van der Waals surface area (Å²) >= 11 is 1.33. The first-order chi connectivity index (χ1) is 16.3. The number of amides is 2. The molecule has 34 heavy (non-hydrogen) atoms. The van der Waals surface area contributed by atoms with Crippen molar-refractivity contribution in [3.8, 4) is 5.69 Å². The van der Waals surface area contributed by atoms with E-state index in [2.05, 4.69) is 33.7 Å². The molecule has 8 nitrogen and oxygen atoms in total. The van der Waals surface area contributed by atoms with Crippen LogP contribution in [0.25, 0.3) is 5.69 Å². The number of rotatable bonds is 6. The predicted octanol–water partition coefficient (Wildman–Crippen LogP) is 3.70. The SMILES string of the molecule is Cc1ccc(C)c(-n2c(C)nnc2SCC(=O)Nc2cccc(C(=O)N3CCOCC3)c2C)c1. The molecule has 9 heteroatoms. The summed E-state index contributed by atoms with van der Waals surface area (Å²) in [5.41, 5.74) is 5.25. The number of carbonyl (C=O) groups excluding carboxylic acids is 2. The molecular weight excluding hydrogens is 450 g/mol. The van der Waals surface area contributed by atoms with Crippen LogP contribution in [0.3, 0.4) is 0 Å². The minimum absolute atomic E-state index is 0.0385. The highest BCUT2D eigenvalue weighted by Gasteiger charge is 2.21. The first kappa shape index (κ1) is 24.0. The maximum absolute atomic E-state index is 12.9. The third-order valence-corrected chi connectivity index (χ3v) is 6.80. The Bertz CT molecular complexity index is 1220. The van der Waals surface area contributed by atoms with Crippen LogP contribution in [0, 0.1) is 27.7 Å². The Morgan fingerprint density at radius 2 is 1.82 bits per heavy atom. The first-order valence-electron chi connectivity index (χ1n) is 11.2. The molecule has 4 rings (SSSR count). The van der Waals surface area contributed by atoms with Crippen LogP contribution in [0.1, 0.15) is 32.9 Å². The van der Waals surface area contributed by atoms with E-state index in [1.54, 1.807) is 17.0 Å². The zero-order valence-corrected chi connectivity index (χ0v) is 20.7. The fraction of sp³-hybridized carbons (Fsp3) is 0.360. The fourth-order valence-electron chi connectivity index (χ4n) is 3.93. The van der Waals surface area contributed by atoms with Crippen molar-refractivity contribution < 1.29 is 14.3 Å². The number of aryl methyl sites for hydroxylation is 3. The summed E-state index contributed by atoms with van der Waals surface area (Å²) in [4.78, 5) is 27.5. The molecule has 1 N–H and O–H groups in total. The van der Waals surface area contributed by atoms with Crippen molar-refractivity contribution >= 4 is 29.3 Å². The summed E-state index contributed by atoms with van der Waals surface area (Å²) in [5.74, 6) is 0.728. The summed E-state index contributed by atoms with van der Waals surface area (Å²) in [6, 6.07) is 11.6. The van der Waals surface area contributed by atoms with Crippen LogP contribution in [-0.2, 0) is 9.53 Å². The Kier molecular flexibility index (Phi) is 7.33. The van der Waals surface area contributed by atoms with Gasteiger partial charge < -0.3 is 15.0 Å². The summed E-state index contributed by atoms with van der Waals surface area (Å²) in [5, 5.41) is 12.1. The number of nitrogens with zero attached hydrogens (tertiary/aromatic N) is 4. The van der Waals surface area contributed by atoms with Crippen molar-refractivity contribution in [1.29, 1.82) is 0 Å². The van der Waals surface area contributed by atoms with E-state index in [1.807, 2.05) is 38.3 Å². The van der Waals surface area contributed by atoms with Crippen molar-refractivity contribution in [3.05, 3.63) is 64.5 Å². The molecule has 0 bridgehead atoms. The molecule has 0 radical (unpaired) electrons. The standard InChI is InChI=1S/C25H29N5O3S/c1-16-8-9-17(2)22(14-16)30-19(4)27-28-25(30)34-15-23(31)26-21-7-5-6-20(18(21)3)24(32)29-10-12-33-13-11-29/h5-9,14H,10-13,15H2,1-4H3,(H,26,31). The lowest BCUT2D eigenvalue weighted by molar-refractivity contribution is -0.113. The molecule has 1 aliphatic rings. The van der Waals surface area contributed by atoms with Crippen LogP contribution in [0.2, 0.25) is 0 Å². The zero-order chi connectivity index (χ0) is 24.2. The number of aromatic nitrogens is 3. The van der Waals surface area contributed by atoms with Crippen molar-refractivity contribution in [2.45, 2.75) is 32.9 Å². The monoisotopic (exact) mass is 479 g/mol. The molecule has 2 heterocycles. The highest BCUT2D eigenvalue weighted by molar-refractivity contribution is 7.99. The van der Waals surface area contributed by atoms with Crippen molar-refractivity contribution in [1.82, 2.24) is 19.7 Å². The van der Waals surface area contributed by atoms with Crippen molar-refractivity contribution in [2.75, 3.05) is 37.4 Å². The number of benzene rings is 2. The quantitative estimate of drug-likeness (QED) is 0.542. The van der Waals surface area contributed by atoms with Gasteiger partial charge in [-0.3, -0.25) is 14.2 Å². The lowest BCUT2D eigenvalue weighted by atomic mass is 10.1. The van der Waals surface area contributed by atoms with E-state index in [1.165, 1.54) is 11.8 Å². The van der Waals surface area contributed by atoms with Crippen LogP contribution in [0.5, 0.6) is 0 Å². The van der Waals surface area contributed by atoms with Gasteiger partial charge in [0, 0.05) is 24.3 Å². The van der Waals surface area contributed by atoms with Gasteiger partial charge in [-0.25, -0.2) is 0 Å². The maximum atomic E-state index is 12.9. The fourth-order valence-corrected chi connectivity index (χ4v) is 4.72. The average molecular weight is 480 g/mol. The molecule has 178 valence electrons. The summed E-state index contributed by atoms with van der Waals surface area (Å²) in [6.45, 7) is 10.1. The Balaban J connectivity index is 1.46. The smallest absolute Gasteiger partial charge is 0.254 e. The number of hydrogen-bond acceptors (Lipinski definition) is 6. The molecule has 1 aliphatic heterocycles. The van der Waals surface area contributed by atoms with E-state index in [9.17, 15) is 9.59 Å². The lowest BCUT2D eigenvalue weighted by Crippen LogP contribution is -2.41. The van der Waals surface area contributed by atoms with Gasteiger partial charge in [-0.15, -0.1) is 10.2 Å². The highest BCUT2D eigenvalue weighted by Crippen LogP contribution is 2.26. The number of carbonyl (C=O) groups is 2. The largest absolute Gasteiger partial charge is 0.378 e. The van der Waals surface area contributed by atoms with E-state index in [0.717, 1.165) is 28.2 Å². The second-order valence-corrected chi connectivity index (χ2v) is 9.32. The summed E-state index contributed by atoms with van der Waals surface area (Å²) in [7, 11) is 0. The Hall–Kier alpha value is -3.17. The molecule has 3 aromatic rings. The molecule has 2 aromatic carbocycles. The van der Waals surface area contributed by atoms with Gasteiger partial charge in [0.15, 0.2) is 5.16 Å². The van der Waals surface area contributed by atoms with Gasteiger partial charge in [-0.05, 0) is 62.6 Å². The molecule has 0 atom stereocenters. The average Bonchev–Trinajstić information content (AvgIpc) is 3.20. The Morgan fingerprint density at radius 1 is 1.06 bits per heavy atom. The van der Waals surface area contributed by atoms with Gasteiger partial charge >= 0.3 is 0 Å². The molecule has 2 amide bonds. The van der Waals surface area contributed by atoms with Gasteiger partial charge in [0.25, 0.3) is 5.91 Å². The molecule has 0 spiro atoms. The highest BCUT2D eigenvalue weighted by atomic mass is 32.2. The number of anilines is 1. The third kappa shape index (κ3) is 5.15. The van der Waals surface area contributed by atoms with Gasteiger partial charge in [-0.2, -0.15) is 0 Å². The maximum Gasteiger partial charge on any atom is 0.254 e. The zero-order valence-electron chi connectivity index (χ0n) is 19.9. The molecule has 0 unspecified atom stereocenters. The van der Waals surface area contributed by atoms with Crippen LogP contribution in [0.4, 0.5) is 5.69 Å². The van der Waals surface area contributed by atoms with Gasteiger partial charge in [0.05, 0.1) is 24.7 Å². The molecular formula is C25H29N5O3S. The van der Waals surface area contributed by atoms with E-state index >= 15 is 0 Å². The van der Waals surface area contributed by atoms with Crippen LogP contribution in [0.15, 0.2) is 41.6 Å². The first-order valence-corrected chi connectivity index (χ1v) is 12.2. The third-order valence-electron chi connectivity index (χ3n) is 5.87. The van der Waals surface area contributed by atoms with Gasteiger partial charge in [0.1, 0.15) is 5.82 Å². The number of ether oxygens (including phenoxy) is 1. The van der Waals surface area contributed by atoms with Crippen molar-refractivity contribution in [2.24, 2.45) is 0 Å². The Labute approximate surface area is 203 Å². The van der Waals surface area contributed by atoms with Crippen LogP contribution >= 0.6 is 11.8 Å². The molecule has 0 saturated carbocycles. The van der Waals surface area contributed by atoms with E-state index in [4.69, 9.17) is 4.74 Å². The molecule has 1 saturated heterocycles. The van der Waals surface area contributed by atoms with Gasteiger partial charge in [-0.1, -0.05) is 30.0 Å². The molecule has 1 aromatic heterocycles. The normalized spacial score (nSPS) is 13.7. The van der Waals surface area contributed by atoms with Crippen LogP contribution in [-0.4, -0.2) is 63.5 Å². The second-order valence-electron chi connectivity index (χ2n) is 8.37. The summed E-state index contributed by atoms with van der Waals surface area (Å²) < 4.78 is 7.32. The van der Waals surface area contributed by atoms with E-state index < -0.39 is 0 Å². The number of nitrogens with one attached hydrogen (secondary N) is 1. The lowest BCUT2D eigenvalue weighted by Gasteiger charge is -2.27. The summed E-state index contributed by atoms with van der Waals surface area (Å²) in [6.07, 6.45) is 0. The minimum Gasteiger partial charge on any atom is -0.378 e. The van der Waals surface area contributed by atoms with E-state index in [-0.39, 0.29) is 17.6 Å². The second kappa shape index (κ2) is 10.4. The van der Waals surface area contributed by atoms with E-state index in [0.29, 0.717) is 42.7 Å². The number of morpholine rings is 1.